The number of hydrogen-bond acceptors (Lipinski definition) is 4. The fraction of sp³-hybridized carbons (Fsp3) is 0.857. The second kappa shape index (κ2) is 6.54. The molecule has 0 bridgehead atoms. The van der Waals surface area contributed by atoms with E-state index in [2.05, 4.69) is 0 Å². The predicted molar refractivity (Wildman–Crippen MR) is 73.2 cm³/mol. The molecule has 2 fully saturated rings. The topological polar surface area (TPSA) is 92.9 Å². The highest BCUT2D eigenvalue weighted by atomic mass is 16.5. The Morgan fingerprint density at radius 1 is 1.25 bits per heavy atom. The van der Waals surface area contributed by atoms with E-state index in [-0.39, 0.29) is 24.7 Å². The van der Waals surface area contributed by atoms with Crippen molar-refractivity contribution in [2.24, 2.45) is 5.73 Å². The standard InChI is InChI=1S/C14H24N2O4/c15-12(17)9-16(10-13(18)19)11-4-7-20-14(8-11)5-2-1-3-6-14/h11H,1-10H2,(H2,15,17)(H,18,19). The molecule has 1 aliphatic carbocycles. The first kappa shape index (κ1) is 15.3. The molecule has 6 nitrogen and oxygen atoms in total. The summed E-state index contributed by atoms with van der Waals surface area (Å²) < 4.78 is 6.01. The number of carboxylic acids is 1. The smallest absolute Gasteiger partial charge is 0.317 e. The molecule has 1 saturated heterocycles. The van der Waals surface area contributed by atoms with E-state index in [9.17, 15) is 9.59 Å². The number of nitrogens with two attached hydrogens (primary N) is 1. The maximum Gasteiger partial charge on any atom is 0.317 e. The number of rotatable bonds is 5. The molecule has 1 heterocycles. The number of ether oxygens (including phenoxy) is 1. The summed E-state index contributed by atoms with van der Waals surface area (Å²) in [5.41, 5.74) is 5.14. The Morgan fingerprint density at radius 2 is 1.95 bits per heavy atom. The Labute approximate surface area is 119 Å². The van der Waals surface area contributed by atoms with Gasteiger partial charge in [0.15, 0.2) is 0 Å². The Kier molecular flexibility index (Phi) is 4.99. The van der Waals surface area contributed by atoms with Crippen LogP contribution in [0.2, 0.25) is 0 Å². The van der Waals surface area contributed by atoms with Crippen LogP contribution in [0.4, 0.5) is 0 Å². The maximum atomic E-state index is 11.2. The second-order valence-electron chi connectivity index (χ2n) is 6.00. The van der Waals surface area contributed by atoms with Gasteiger partial charge in [-0.3, -0.25) is 14.5 Å². The molecule has 6 heteroatoms. The van der Waals surface area contributed by atoms with Crippen LogP contribution in [0.15, 0.2) is 0 Å². The van der Waals surface area contributed by atoms with Crippen LogP contribution in [-0.2, 0) is 14.3 Å². The largest absolute Gasteiger partial charge is 0.480 e. The van der Waals surface area contributed by atoms with Crippen LogP contribution in [0, 0.1) is 0 Å². The van der Waals surface area contributed by atoms with E-state index in [4.69, 9.17) is 15.6 Å². The maximum absolute atomic E-state index is 11.2. The highest BCUT2D eigenvalue weighted by Crippen LogP contribution is 2.39. The minimum atomic E-state index is -0.921. The van der Waals surface area contributed by atoms with Crippen LogP contribution in [0.1, 0.15) is 44.9 Å². The molecule has 3 N–H and O–H groups in total. The molecule has 2 aliphatic rings. The third kappa shape index (κ3) is 3.93. The number of amides is 1. The Morgan fingerprint density at radius 3 is 2.55 bits per heavy atom. The van der Waals surface area contributed by atoms with E-state index >= 15 is 0 Å². The quantitative estimate of drug-likeness (QED) is 0.776. The molecule has 1 spiro atoms. The SMILES string of the molecule is NC(=O)CN(CC(=O)O)C1CCOC2(CCCCC2)C1. The molecule has 1 amide bonds. The monoisotopic (exact) mass is 284 g/mol. The van der Waals surface area contributed by atoms with Crippen molar-refractivity contribution in [3.05, 3.63) is 0 Å². The van der Waals surface area contributed by atoms with Crippen molar-refractivity contribution in [2.45, 2.75) is 56.6 Å². The van der Waals surface area contributed by atoms with E-state index in [0.29, 0.717) is 6.61 Å². The highest BCUT2D eigenvalue weighted by Gasteiger charge is 2.40. The highest BCUT2D eigenvalue weighted by molar-refractivity contribution is 5.77. The van der Waals surface area contributed by atoms with Gasteiger partial charge in [-0.2, -0.15) is 0 Å². The van der Waals surface area contributed by atoms with Gasteiger partial charge in [0.05, 0.1) is 18.7 Å². The van der Waals surface area contributed by atoms with Gasteiger partial charge in [-0.25, -0.2) is 0 Å². The van der Waals surface area contributed by atoms with Gasteiger partial charge in [0.25, 0.3) is 0 Å². The van der Waals surface area contributed by atoms with Crippen LogP contribution < -0.4 is 5.73 Å². The molecule has 2 rings (SSSR count). The minimum Gasteiger partial charge on any atom is -0.480 e. The lowest BCUT2D eigenvalue weighted by Crippen LogP contribution is -2.52. The van der Waals surface area contributed by atoms with Crippen molar-refractivity contribution in [3.63, 3.8) is 0 Å². The molecule has 1 saturated carbocycles. The first-order valence-corrected chi connectivity index (χ1v) is 7.39. The molecule has 1 aliphatic heterocycles. The zero-order chi connectivity index (χ0) is 14.6. The van der Waals surface area contributed by atoms with Crippen LogP contribution in [-0.4, -0.2) is 53.2 Å². The molecule has 0 aromatic carbocycles. The lowest BCUT2D eigenvalue weighted by molar-refractivity contribution is -0.146. The molecule has 1 atom stereocenters. The van der Waals surface area contributed by atoms with Crippen LogP contribution in [0.25, 0.3) is 0 Å². The van der Waals surface area contributed by atoms with Gasteiger partial charge in [-0.15, -0.1) is 0 Å². The van der Waals surface area contributed by atoms with Crippen molar-refractivity contribution in [1.82, 2.24) is 4.90 Å². The van der Waals surface area contributed by atoms with E-state index in [0.717, 1.165) is 25.7 Å². The van der Waals surface area contributed by atoms with Crippen LogP contribution in [0.5, 0.6) is 0 Å². The predicted octanol–water partition coefficient (Wildman–Crippen LogP) is 0.740. The summed E-state index contributed by atoms with van der Waals surface area (Å²) in [6.07, 6.45) is 7.25. The molecule has 0 aromatic heterocycles. The lowest BCUT2D eigenvalue weighted by atomic mass is 9.78. The number of carboxylic acid groups (broad SMARTS) is 1. The van der Waals surface area contributed by atoms with E-state index in [1.807, 2.05) is 0 Å². The Balaban J connectivity index is 2.03. The summed E-state index contributed by atoms with van der Waals surface area (Å²) in [6, 6.07) is 0.0745. The van der Waals surface area contributed by atoms with Crippen molar-refractivity contribution in [2.75, 3.05) is 19.7 Å². The molecule has 114 valence electrons. The molecular weight excluding hydrogens is 260 g/mol. The number of carbonyl (C=O) groups is 2. The first-order valence-electron chi connectivity index (χ1n) is 7.39. The molecule has 0 aromatic rings. The van der Waals surface area contributed by atoms with Gasteiger partial charge in [0.2, 0.25) is 5.91 Å². The average molecular weight is 284 g/mol. The average Bonchev–Trinajstić information content (AvgIpc) is 2.38. The molecule has 0 radical (unpaired) electrons. The number of carbonyl (C=O) groups excluding carboxylic acids is 1. The Hall–Kier alpha value is -1.14. The minimum absolute atomic E-state index is 0.00699. The summed E-state index contributed by atoms with van der Waals surface area (Å²) in [5, 5.41) is 9.00. The molecule has 1 unspecified atom stereocenters. The zero-order valence-corrected chi connectivity index (χ0v) is 11.8. The summed E-state index contributed by atoms with van der Waals surface area (Å²) in [7, 11) is 0. The van der Waals surface area contributed by atoms with Gasteiger partial charge >= 0.3 is 5.97 Å². The first-order chi connectivity index (χ1) is 9.51. The molecule has 20 heavy (non-hydrogen) atoms. The third-order valence-electron chi connectivity index (χ3n) is 4.45. The van der Waals surface area contributed by atoms with E-state index in [1.165, 1.54) is 19.3 Å². The third-order valence-corrected chi connectivity index (χ3v) is 4.45. The summed E-state index contributed by atoms with van der Waals surface area (Å²) >= 11 is 0. The van der Waals surface area contributed by atoms with Crippen molar-refractivity contribution in [1.29, 1.82) is 0 Å². The van der Waals surface area contributed by atoms with Crippen LogP contribution in [0.3, 0.4) is 0 Å². The summed E-state index contributed by atoms with van der Waals surface area (Å²) in [6.45, 7) is 0.510. The zero-order valence-electron chi connectivity index (χ0n) is 11.8. The van der Waals surface area contributed by atoms with Crippen LogP contribution >= 0.6 is 0 Å². The van der Waals surface area contributed by atoms with Gasteiger partial charge in [-0.05, 0) is 25.7 Å². The fourth-order valence-corrected chi connectivity index (χ4v) is 3.55. The number of nitrogens with zero attached hydrogens (tertiary/aromatic N) is 1. The van der Waals surface area contributed by atoms with Crippen molar-refractivity contribution in [3.8, 4) is 0 Å². The second-order valence-corrected chi connectivity index (χ2v) is 6.00. The van der Waals surface area contributed by atoms with Crippen molar-refractivity contribution < 1.29 is 19.4 Å². The number of aliphatic carboxylic acids is 1. The van der Waals surface area contributed by atoms with Gasteiger partial charge in [0, 0.05) is 12.6 Å². The molecular formula is C14H24N2O4. The van der Waals surface area contributed by atoms with E-state index in [1.54, 1.807) is 4.90 Å². The number of primary amides is 1. The number of hydrogen-bond donors (Lipinski definition) is 2. The normalized spacial score (nSPS) is 25.8. The summed E-state index contributed by atoms with van der Waals surface area (Å²) in [5.74, 6) is -1.40. The summed E-state index contributed by atoms with van der Waals surface area (Å²) in [4.78, 5) is 23.8. The van der Waals surface area contributed by atoms with Gasteiger partial charge in [-0.1, -0.05) is 19.3 Å². The van der Waals surface area contributed by atoms with E-state index < -0.39 is 11.9 Å². The van der Waals surface area contributed by atoms with Crippen molar-refractivity contribution >= 4 is 11.9 Å². The Bertz CT molecular complexity index is 345. The van der Waals surface area contributed by atoms with Gasteiger partial charge < -0.3 is 15.6 Å². The van der Waals surface area contributed by atoms with Gasteiger partial charge in [0.1, 0.15) is 0 Å². The fourth-order valence-electron chi connectivity index (χ4n) is 3.55. The lowest BCUT2D eigenvalue weighted by Gasteiger charge is -2.46.